The van der Waals surface area contributed by atoms with Crippen molar-refractivity contribution in [2.24, 2.45) is 11.8 Å². The van der Waals surface area contributed by atoms with E-state index in [1.807, 2.05) is 30.3 Å². The summed E-state index contributed by atoms with van der Waals surface area (Å²) in [6.07, 6.45) is 0.620. The third-order valence-corrected chi connectivity index (χ3v) is 3.85. The number of methoxy groups -OCH3 is 1. The van der Waals surface area contributed by atoms with E-state index in [1.165, 1.54) is 7.11 Å². The van der Waals surface area contributed by atoms with Gasteiger partial charge in [-0.3, -0.25) is 9.59 Å². The van der Waals surface area contributed by atoms with Crippen molar-refractivity contribution >= 4 is 11.9 Å². The molecule has 0 amide bonds. The summed E-state index contributed by atoms with van der Waals surface area (Å²) in [5.41, 5.74) is 0.886. The molecule has 2 rings (SSSR count). The van der Waals surface area contributed by atoms with E-state index in [0.29, 0.717) is 12.8 Å². The Bertz CT molecular complexity index is 485. The van der Waals surface area contributed by atoms with E-state index in [1.54, 1.807) is 0 Å². The fourth-order valence-electron chi connectivity index (χ4n) is 2.68. The van der Waals surface area contributed by atoms with Gasteiger partial charge in [-0.25, -0.2) is 0 Å². The predicted molar refractivity (Wildman–Crippen MR) is 75.1 cm³/mol. The van der Waals surface area contributed by atoms with Crippen LogP contribution in [0.5, 0.6) is 0 Å². The van der Waals surface area contributed by atoms with Crippen LogP contribution in [0.3, 0.4) is 0 Å². The standard InChI is InChI=1S/C16H20O5/c1-20-15(18)13-8-7-12(17)9-14(13)16(19)21-10-11-5-3-2-4-6-11/h2-6,12-14,17H,7-10H2,1H3. The summed E-state index contributed by atoms with van der Waals surface area (Å²) in [6.45, 7) is 0.167. The minimum absolute atomic E-state index is 0.167. The molecule has 3 atom stereocenters. The van der Waals surface area contributed by atoms with Crippen LogP contribution in [0.25, 0.3) is 0 Å². The molecule has 1 aliphatic carbocycles. The summed E-state index contributed by atoms with van der Waals surface area (Å²) in [7, 11) is 1.31. The molecule has 1 fully saturated rings. The third kappa shape index (κ3) is 4.04. The van der Waals surface area contributed by atoms with E-state index in [0.717, 1.165) is 5.56 Å². The molecule has 0 saturated heterocycles. The highest BCUT2D eigenvalue weighted by Gasteiger charge is 2.40. The van der Waals surface area contributed by atoms with Crippen LogP contribution >= 0.6 is 0 Å². The zero-order valence-electron chi connectivity index (χ0n) is 12.0. The fourth-order valence-corrected chi connectivity index (χ4v) is 2.68. The molecule has 0 aliphatic heterocycles. The maximum atomic E-state index is 12.2. The number of benzene rings is 1. The first-order valence-electron chi connectivity index (χ1n) is 7.08. The second-order valence-corrected chi connectivity index (χ2v) is 5.30. The van der Waals surface area contributed by atoms with Gasteiger partial charge in [0.2, 0.25) is 0 Å². The van der Waals surface area contributed by atoms with Crippen LogP contribution in [-0.4, -0.2) is 30.3 Å². The molecule has 114 valence electrons. The SMILES string of the molecule is COC(=O)C1CCC(O)CC1C(=O)OCc1ccccc1. The Balaban J connectivity index is 1.98. The van der Waals surface area contributed by atoms with E-state index in [-0.39, 0.29) is 13.0 Å². The molecule has 0 heterocycles. The van der Waals surface area contributed by atoms with Gasteiger partial charge in [0.25, 0.3) is 0 Å². The maximum absolute atomic E-state index is 12.2. The number of hydrogen-bond donors (Lipinski definition) is 1. The second-order valence-electron chi connectivity index (χ2n) is 5.30. The molecule has 5 nitrogen and oxygen atoms in total. The van der Waals surface area contributed by atoms with Gasteiger partial charge in [-0.15, -0.1) is 0 Å². The summed E-state index contributed by atoms with van der Waals surface area (Å²) in [5.74, 6) is -2.02. The molecule has 0 spiro atoms. The van der Waals surface area contributed by atoms with Crippen molar-refractivity contribution in [2.45, 2.75) is 32.0 Å². The Morgan fingerprint density at radius 2 is 1.86 bits per heavy atom. The second kappa shape index (κ2) is 7.22. The van der Waals surface area contributed by atoms with Crippen LogP contribution in [-0.2, 0) is 25.7 Å². The van der Waals surface area contributed by atoms with Gasteiger partial charge in [0, 0.05) is 0 Å². The number of rotatable bonds is 4. The van der Waals surface area contributed by atoms with Crippen molar-refractivity contribution in [3.63, 3.8) is 0 Å². The Labute approximate surface area is 123 Å². The van der Waals surface area contributed by atoms with E-state index in [2.05, 4.69) is 0 Å². The van der Waals surface area contributed by atoms with Crippen LogP contribution in [0.15, 0.2) is 30.3 Å². The van der Waals surface area contributed by atoms with E-state index in [4.69, 9.17) is 9.47 Å². The lowest BCUT2D eigenvalue weighted by atomic mass is 9.78. The van der Waals surface area contributed by atoms with Crippen molar-refractivity contribution in [2.75, 3.05) is 7.11 Å². The number of carbonyl (C=O) groups excluding carboxylic acids is 2. The van der Waals surface area contributed by atoms with Gasteiger partial charge < -0.3 is 14.6 Å². The zero-order valence-corrected chi connectivity index (χ0v) is 12.0. The maximum Gasteiger partial charge on any atom is 0.310 e. The Morgan fingerprint density at radius 1 is 1.14 bits per heavy atom. The lowest BCUT2D eigenvalue weighted by Gasteiger charge is -2.30. The van der Waals surface area contributed by atoms with E-state index in [9.17, 15) is 14.7 Å². The quantitative estimate of drug-likeness (QED) is 0.855. The topological polar surface area (TPSA) is 72.8 Å². The molecule has 1 aromatic carbocycles. The molecular weight excluding hydrogens is 272 g/mol. The number of esters is 2. The number of aliphatic hydroxyl groups excluding tert-OH is 1. The molecule has 3 unspecified atom stereocenters. The Morgan fingerprint density at radius 3 is 2.52 bits per heavy atom. The average Bonchev–Trinajstić information content (AvgIpc) is 2.52. The lowest BCUT2D eigenvalue weighted by molar-refractivity contribution is -0.164. The highest BCUT2D eigenvalue weighted by molar-refractivity contribution is 5.82. The minimum atomic E-state index is -0.634. The average molecular weight is 292 g/mol. The summed E-state index contributed by atoms with van der Waals surface area (Å²) in [4.78, 5) is 24.0. The highest BCUT2D eigenvalue weighted by atomic mass is 16.5. The summed E-state index contributed by atoms with van der Waals surface area (Å²) < 4.78 is 10.0. The van der Waals surface area contributed by atoms with Crippen molar-refractivity contribution in [3.8, 4) is 0 Å². The molecule has 21 heavy (non-hydrogen) atoms. The zero-order chi connectivity index (χ0) is 15.2. The lowest BCUT2D eigenvalue weighted by Crippen LogP contribution is -2.38. The van der Waals surface area contributed by atoms with E-state index >= 15 is 0 Å². The van der Waals surface area contributed by atoms with Crippen molar-refractivity contribution < 1.29 is 24.2 Å². The first-order valence-corrected chi connectivity index (χ1v) is 7.08. The fraction of sp³-hybridized carbons (Fsp3) is 0.500. The van der Waals surface area contributed by atoms with Gasteiger partial charge in [-0.05, 0) is 24.8 Å². The Kier molecular flexibility index (Phi) is 5.33. The van der Waals surface area contributed by atoms with Crippen LogP contribution < -0.4 is 0 Å². The molecule has 5 heteroatoms. The molecule has 1 N–H and O–H groups in total. The van der Waals surface area contributed by atoms with Crippen molar-refractivity contribution in [3.05, 3.63) is 35.9 Å². The summed E-state index contributed by atoms with van der Waals surface area (Å²) >= 11 is 0. The van der Waals surface area contributed by atoms with Crippen LogP contribution in [0.2, 0.25) is 0 Å². The van der Waals surface area contributed by atoms with Crippen LogP contribution in [0, 0.1) is 11.8 Å². The first-order chi connectivity index (χ1) is 10.1. The van der Waals surface area contributed by atoms with Crippen molar-refractivity contribution in [1.82, 2.24) is 0 Å². The number of ether oxygens (including phenoxy) is 2. The van der Waals surface area contributed by atoms with Gasteiger partial charge in [0.05, 0.1) is 25.0 Å². The summed E-state index contributed by atoms with van der Waals surface area (Å²) in [5, 5.41) is 9.73. The summed E-state index contributed by atoms with van der Waals surface area (Å²) in [6, 6.07) is 9.34. The molecule has 1 aromatic rings. The van der Waals surface area contributed by atoms with Gasteiger partial charge >= 0.3 is 11.9 Å². The minimum Gasteiger partial charge on any atom is -0.469 e. The van der Waals surface area contributed by atoms with Gasteiger partial charge in [-0.2, -0.15) is 0 Å². The molecule has 0 radical (unpaired) electrons. The van der Waals surface area contributed by atoms with Crippen LogP contribution in [0.1, 0.15) is 24.8 Å². The largest absolute Gasteiger partial charge is 0.469 e. The first kappa shape index (κ1) is 15.5. The number of carbonyl (C=O) groups is 2. The number of hydrogen-bond acceptors (Lipinski definition) is 5. The molecule has 1 aliphatic rings. The molecule has 0 bridgehead atoms. The number of aliphatic hydroxyl groups is 1. The smallest absolute Gasteiger partial charge is 0.310 e. The van der Waals surface area contributed by atoms with Crippen LogP contribution in [0.4, 0.5) is 0 Å². The molecule has 1 saturated carbocycles. The van der Waals surface area contributed by atoms with Crippen molar-refractivity contribution in [1.29, 1.82) is 0 Å². The monoisotopic (exact) mass is 292 g/mol. The van der Waals surface area contributed by atoms with E-state index < -0.39 is 29.9 Å². The molecule has 0 aromatic heterocycles. The highest BCUT2D eigenvalue weighted by Crippen LogP contribution is 2.32. The van der Waals surface area contributed by atoms with Gasteiger partial charge in [-0.1, -0.05) is 30.3 Å². The van der Waals surface area contributed by atoms with Gasteiger partial charge in [0.1, 0.15) is 6.61 Å². The normalized spacial score (nSPS) is 25.1. The third-order valence-electron chi connectivity index (χ3n) is 3.85. The molecular formula is C16H20O5. The predicted octanol–water partition coefficient (Wildman–Crippen LogP) is 1.68. The van der Waals surface area contributed by atoms with Gasteiger partial charge in [0.15, 0.2) is 0 Å². The Hall–Kier alpha value is -1.88.